The Labute approximate surface area is 137 Å². The molecule has 0 aromatic heterocycles. The van der Waals surface area contributed by atoms with Gasteiger partial charge in [-0.2, -0.15) is 0 Å². The smallest absolute Gasteiger partial charge is 0.410 e. The Kier molecular flexibility index (Phi) is 5.49. The van der Waals surface area contributed by atoms with E-state index in [0.717, 1.165) is 5.56 Å². The molecule has 1 heterocycles. The van der Waals surface area contributed by atoms with Gasteiger partial charge in [0.2, 0.25) is 0 Å². The van der Waals surface area contributed by atoms with Gasteiger partial charge in [-0.3, -0.25) is 0 Å². The van der Waals surface area contributed by atoms with Crippen molar-refractivity contribution in [1.29, 1.82) is 0 Å². The number of benzene rings is 1. The molecule has 1 aliphatic rings. The number of nitrogens with zero attached hydrogens (tertiary/aromatic N) is 1. The molecule has 2 rings (SSSR count). The van der Waals surface area contributed by atoms with E-state index in [-0.39, 0.29) is 24.0 Å². The van der Waals surface area contributed by atoms with Gasteiger partial charge >= 0.3 is 6.09 Å². The van der Waals surface area contributed by atoms with Crippen LogP contribution in [-0.4, -0.2) is 54.0 Å². The topological polar surface area (TPSA) is 71.0 Å². The zero-order valence-electron chi connectivity index (χ0n) is 14.2. The van der Waals surface area contributed by atoms with Crippen LogP contribution >= 0.6 is 0 Å². The molecule has 1 fully saturated rings. The number of hydrogen-bond acceptors (Lipinski definition) is 5. The van der Waals surface area contributed by atoms with E-state index in [1.165, 1.54) is 0 Å². The van der Waals surface area contributed by atoms with Crippen molar-refractivity contribution >= 4 is 6.09 Å². The molecule has 6 heteroatoms. The number of carbonyl (C=O) groups excluding carboxylic acids is 1. The minimum atomic E-state index is -0.513. The molecule has 1 aromatic rings. The van der Waals surface area contributed by atoms with Crippen LogP contribution in [0.15, 0.2) is 24.3 Å². The van der Waals surface area contributed by atoms with Crippen LogP contribution in [-0.2, 0) is 16.0 Å². The second-order valence-corrected chi connectivity index (χ2v) is 6.78. The van der Waals surface area contributed by atoms with Crippen LogP contribution in [0.25, 0.3) is 0 Å². The summed E-state index contributed by atoms with van der Waals surface area (Å²) < 4.78 is 10.9. The van der Waals surface area contributed by atoms with Crippen molar-refractivity contribution in [2.45, 2.75) is 45.1 Å². The fourth-order valence-corrected chi connectivity index (χ4v) is 2.59. The molecule has 0 aliphatic carbocycles. The van der Waals surface area contributed by atoms with Gasteiger partial charge in [0.05, 0.1) is 18.7 Å². The van der Waals surface area contributed by atoms with E-state index in [9.17, 15) is 9.90 Å². The SMILES string of the molecule is CO[C@H]1CN(C(=O)OC(C)(C)C)CC1NCc1ccccc1O. The van der Waals surface area contributed by atoms with Crippen molar-refractivity contribution in [2.24, 2.45) is 0 Å². The first-order valence-electron chi connectivity index (χ1n) is 7.81. The van der Waals surface area contributed by atoms with E-state index < -0.39 is 5.60 Å². The molecule has 0 spiro atoms. The first-order chi connectivity index (χ1) is 10.8. The second-order valence-electron chi connectivity index (χ2n) is 6.78. The van der Waals surface area contributed by atoms with Gasteiger partial charge in [0.25, 0.3) is 0 Å². The summed E-state index contributed by atoms with van der Waals surface area (Å²) >= 11 is 0. The predicted octanol–water partition coefficient (Wildman–Crippen LogP) is 2.12. The van der Waals surface area contributed by atoms with Gasteiger partial charge in [0, 0.05) is 25.8 Å². The number of methoxy groups -OCH3 is 1. The molecule has 1 amide bonds. The Morgan fingerprint density at radius 3 is 2.65 bits per heavy atom. The van der Waals surface area contributed by atoms with E-state index in [0.29, 0.717) is 19.6 Å². The maximum absolute atomic E-state index is 12.2. The first kappa shape index (κ1) is 17.6. The highest BCUT2D eigenvalue weighted by Gasteiger charge is 2.37. The third-order valence-electron chi connectivity index (χ3n) is 3.77. The van der Waals surface area contributed by atoms with Crippen LogP contribution in [0.2, 0.25) is 0 Å². The highest BCUT2D eigenvalue weighted by Crippen LogP contribution is 2.20. The molecule has 0 bridgehead atoms. The van der Waals surface area contributed by atoms with Gasteiger partial charge in [-0.25, -0.2) is 4.79 Å². The summed E-state index contributed by atoms with van der Waals surface area (Å²) in [6, 6.07) is 7.19. The summed E-state index contributed by atoms with van der Waals surface area (Å²) in [5.74, 6) is 0.260. The number of carbonyl (C=O) groups is 1. The monoisotopic (exact) mass is 322 g/mol. The summed E-state index contributed by atoms with van der Waals surface area (Å²) in [7, 11) is 1.64. The average Bonchev–Trinajstić information content (AvgIpc) is 2.88. The molecule has 1 unspecified atom stereocenters. The lowest BCUT2D eigenvalue weighted by atomic mass is 10.1. The van der Waals surface area contributed by atoms with Gasteiger partial charge in [-0.1, -0.05) is 18.2 Å². The molecule has 128 valence electrons. The van der Waals surface area contributed by atoms with Crippen LogP contribution in [0.1, 0.15) is 26.3 Å². The van der Waals surface area contributed by atoms with Gasteiger partial charge in [-0.15, -0.1) is 0 Å². The summed E-state index contributed by atoms with van der Waals surface area (Å²) in [4.78, 5) is 13.8. The Balaban J connectivity index is 1.94. The number of likely N-dealkylation sites (tertiary alicyclic amines) is 1. The van der Waals surface area contributed by atoms with Crippen molar-refractivity contribution in [3.63, 3.8) is 0 Å². The molecule has 2 atom stereocenters. The van der Waals surface area contributed by atoms with Crippen molar-refractivity contribution in [1.82, 2.24) is 10.2 Å². The van der Waals surface area contributed by atoms with Crippen LogP contribution in [0, 0.1) is 0 Å². The van der Waals surface area contributed by atoms with E-state index in [4.69, 9.17) is 9.47 Å². The van der Waals surface area contributed by atoms with E-state index >= 15 is 0 Å². The molecule has 0 saturated carbocycles. The minimum Gasteiger partial charge on any atom is -0.508 e. The Morgan fingerprint density at radius 1 is 1.35 bits per heavy atom. The molecule has 1 aromatic carbocycles. The number of hydrogen-bond donors (Lipinski definition) is 2. The number of phenols is 1. The zero-order valence-corrected chi connectivity index (χ0v) is 14.2. The van der Waals surface area contributed by atoms with Crippen LogP contribution in [0.3, 0.4) is 0 Å². The van der Waals surface area contributed by atoms with Crippen molar-refractivity contribution in [3.05, 3.63) is 29.8 Å². The highest BCUT2D eigenvalue weighted by molar-refractivity contribution is 5.68. The Hall–Kier alpha value is -1.79. The summed E-state index contributed by atoms with van der Waals surface area (Å²) in [6.45, 7) is 7.07. The molecule has 23 heavy (non-hydrogen) atoms. The third kappa shape index (κ3) is 4.84. The van der Waals surface area contributed by atoms with Crippen molar-refractivity contribution in [2.75, 3.05) is 20.2 Å². The standard InChI is InChI=1S/C17H26N2O4/c1-17(2,3)23-16(21)19-10-13(15(11-19)22-4)18-9-12-7-5-6-8-14(12)20/h5-8,13,15,18,20H,9-11H2,1-4H3/t13?,15-/m0/s1. The molecular weight excluding hydrogens is 296 g/mol. The average molecular weight is 322 g/mol. The lowest BCUT2D eigenvalue weighted by molar-refractivity contribution is 0.0252. The predicted molar refractivity (Wildman–Crippen MR) is 87.3 cm³/mol. The van der Waals surface area contributed by atoms with E-state index in [1.54, 1.807) is 24.1 Å². The quantitative estimate of drug-likeness (QED) is 0.888. The lowest BCUT2D eigenvalue weighted by Gasteiger charge is -2.24. The van der Waals surface area contributed by atoms with Gasteiger partial charge in [0.1, 0.15) is 11.4 Å². The normalized spacial score (nSPS) is 21.5. The molecule has 0 radical (unpaired) electrons. The zero-order chi connectivity index (χ0) is 17.0. The van der Waals surface area contributed by atoms with Crippen molar-refractivity contribution < 1.29 is 19.4 Å². The highest BCUT2D eigenvalue weighted by atomic mass is 16.6. The number of para-hydroxylation sites is 1. The molecular formula is C17H26N2O4. The van der Waals surface area contributed by atoms with Gasteiger partial charge in [-0.05, 0) is 26.8 Å². The molecule has 2 N–H and O–H groups in total. The van der Waals surface area contributed by atoms with Crippen LogP contribution in [0.4, 0.5) is 4.79 Å². The summed E-state index contributed by atoms with van der Waals surface area (Å²) in [6.07, 6.45) is -0.431. The fraction of sp³-hybridized carbons (Fsp3) is 0.588. The minimum absolute atomic E-state index is 0.00729. The molecule has 6 nitrogen and oxygen atoms in total. The Bertz CT molecular complexity index is 542. The summed E-state index contributed by atoms with van der Waals surface area (Å²) in [5, 5.41) is 13.2. The van der Waals surface area contributed by atoms with E-state index in [2.05, 4.69) is 5.32 Å². The number of aromatic hydroxyl groups is 1. The lowest BCUT2D eigenvalue weighted by Crippen LogP contribution is -2.40. The molecule has 1 aliphatic heterocycles. The van der Waals surface area contributed by atoms with Gasteiger partial charge in [0.15, 0.2) is 0 Å². The third-order valence-corrected chi connectivity index (χ3v) is 3.77. The second kappa shape index (κ2) is 7.19. The maximum Gasteiger partial charge on any atom is 0.410 e. The number of nitrogens with one attached hydrogen (secondary N) is 1. The fourth-order valence-electron chi connectivity index (χ4n) is 2.59. The number of phenolic OH excluding ortho intramolecular Hbond substituents is 1. The largest absolute Gasteiger partial charge is 0.508 e. The van der Waals surface area contributed by atoms with E-state index in [1.807, 2.05) is 32.9 Å². The number of rotatable bonds is 4. The van der Waals surface area contributed by atoms with Crippen molar-refractivity contribution in [3.8, 4) is 5.75 Å². The number of ether oxygens (including phenoxy) is 2. The van der Waals surface area contributed by atoms with Crippen LogP contribution in [0.5, 0.6) is 5.75 Å². The number of amides is 1. The summed E-state index contributed by atoms with van der Waals surface area (Å²) in [5.41, 5.74) is 0.305. The van der Waals surface area contributed by atoms with Crippen LogP contribution < -0.4 is 5.32 Å². The Morgan fingerprint density at radius 2 is 2.04 bits per heavy atom. The first-order valence-corrected chi connectivity index (χ1v) is 7.81. The van der Waals surface area contributed by atoms with Gasteiger partial charge < -0.3 is 24.8 Å². The maximum atomic E-state index is 12.2. The molecule has 1 saturated heterocycles.